The first-order valence-corrected chi connectivity index (χ1v) is 10.6. The van der Waals surface area contributed by atoms with Crippen LogP contribution in [-0.4, -0.2) is 65.5 Å². The van der Waals surface area contributed by atoms with Gasteiger partial charge >= 0.3 is 6.03 Å². The zero-order valence-corrected chi connectivity index (χ0v) is 15.6. The molecule has 0 N–H and O–H groups in total. The number of sulfonamides is 1. The van der Waals surface area contributed by atoms with Crippen LogP contribution in [0.1, 0.15) is 12.0 Å². The average molecular weight is 397 g/mol. The molecule has 3 amide bonds. The molecule has 3 fully saturated rings. The van der Waals surface area contributed by atoms with E-state index in [4.69, 9.17) is 0 Å². The molecule has 9 nitrogen and oxygen atoms in total. The second-order valence-corrected chi connectivity index (χ2v) is 9.18. The molecule has 1 aromatic heterocycles. The summed E-state index contributed by atoms with van der Waals surface area (Å²) in [6, 6.07) is 6.43. The predicted octanol–water partition coefficient (Wildman–Crippen LogP) is 0.660. The lowest BCUT2D eigenvalue weighted by atomic mass is 10.1. The number of rotatable bonds is 2. The Morgan fingerprint density at radius 1 is 1.25 bits per heavy atom. The molecule has 1 unspecified atom stereocenters. The van der Waals surface area contributed by atoms with Gasteiger partial charge in [-0.3, -0.25) is 9.78 Å². The number of anilines is 1. The summed E-state index contributed by atoms with van der Waals surface area (Å²) >= 11 is 0. The van der Waals surface area contributed by atoms with E-state index >= 15 is 0 Å². The molecule has 0 saturated carbocycles. The highest BCUT2D eigenvalue weighted by molar-refractivity contribution is 7.88. The number of nitrogens with zero attached hydrogens (tertiary/aromatic N) is 5. The number of hydrogen-bond acceptors (Lipinski definition) is 6. The van der Waals surface area contributed by atoms with Gasteiger partial charge in [0.05, 0.1) is 29.1 Å². The van der Waals surface area contributed by atoms with Crippen molar-refractivity contribution < 1.29 is 18.0 Å². The number of aromatic nitrogens is 1. The quantitative estimate of drug-likeness (QED) is 0.688. The van der Waals surface area contributed by atoms with Crippen molar-refractivity contribution in [3.63, 3.8) is 0 Å². The Labute approximate surface area is 160 Å². The lowest BCUT2D eigenvalue weighted by Crippen LogP contribution is -2.54. The van der Waals surface area contributed by atoms with Crippen molar-refractivity contribution >= 4 is 38.6 Å². The monoisotopic (exact) mass is 397 g/mol. The predicted molar refractivity (Wildman–Crippen MR) is 98.7 cm³/mol. The van der Waals surface area contributed by atoms with E-state index < -0.39 is 34.0 Å². The third kappa shape index (κ3) is 2.08. The molecule has 0 spiro atoms. The van der Waals surface area contributed by atoms with Gasteiger partial charge in [0.15, 0.2) is 0 Å². The summed E-state index contributed by atoms with van der Waals surface area (Å²) in [5.41, 5.74) is 1.12. The topological polar surface area (TPSA) is 115 Å². The Kier molecular flexibility index (Phi) is 3.36. The summed E-state index contributed by atoms with van der Waals surface area (Å²) in [5, 5.41) is 9.83. The average Bonchev–Trinajstić information content (AvgIpc) is 3.33. The van der Waals surface area contributed by atoms with Gasteiger partial charge in [-0.2, -0.15) is 9.57 Å². The summed E-state index contributed by atoms with van der Waals surface area (Å²) in [5.74, 6) is -0.444. The van der Waals surface area contributed by atoms with Crippen LogP contribution in [0.2, 0.25) is 0 Å². The maximum atomic E-state index is 13.2. The van der Waals surface area contributed by atoms with Crippen LogP contribution < -0.4 is 4.90 Å². The first-order chi connectivity index (χ1) is 13.3. The number of piperazine rings is 1. The number of hydrogen-bond donors (Lipinski definition) is 0. The van der Waals surface area contributed by atoms with E-state index in [0.29, 0.717) is 28.6 Å². The standard InChI is InChI=1S/C18H15N5O4S/c1-28(26,27)21-9-11-7-14(21)16-17(24)23(18(25)22(11)16)13-5-4-10(8-19)15-12(13)3-2-6-20-15/h2-6,11,14,16H,7,9H2,1H3/t11-,14?,16-/m1/s1. The van der Waals surface area contributed by atoms with Crippen LogP contribution in [0, 0.1) is 11.3 Å². The summed E-state index contributed by atoms with van der Waals surface area (Å²) in [6.07, 6.45) is 3.14. The molecule has 3 saturated heterocycles. The van der Waals surface area contributed by atoms with Crippen LogP contribution in [-0.2, 0) is 14.8 Å². The van der Waals surface area contributed by atoms with Gasteiger partial charge in [0.1, 0.15) is 12.1 Å². The molecule has 2 bridgehead atoms. The van der Waals surface area contributed by atoms with Gasteiger partial charge in [-0.25, -0.2) is 18.1 Å². The van der Waals surface area contributed by atoms with Crippen molar-refractivity contribution in [2.24, 2.45) is 0 Å². The summed E-state index contributed by atoms with van der Waals surface area (Å²) in [6.45, 7) is 0.211. The van der Waals surface area contributed by atoms with Gasteiger partial charge in [0.25, 0.3) is 5.91 Å². The molecule has 0 aliphatic carbocycles. The van der Waals surface area contributed by atoms with Crippen molar-refractivity contribution in [3.8, 4) is 6.07 Å². The largest absolute Gasteiger partial charge is 0.332 e. The van der Waals surface area contributed by atoms with Gasteiger partial charge in [0.2, 0.25) is 10.0 Å². The molecular weight excluding hydrogens is 382 g/mol. The molecule has 2 aromatic rings. The third-order valence-corrected chi connectivity index (χ3v) is 7.02. The Bertz CT molecular complexity index is 1200. The summed E-state index contributed by atoms with van der Waals surface area (Å²) < 4.78 is 25.4. The Balaban J connectivity index is 1.62. The highest BCUT2D eigenvalue weighted by Crippen LogP contribution is 2.44. The van der Waals surface area contributed by atoms with E-state index in [0.717, 1.165) is 11.2 Å². The van der Waals surface area contributed by atoms with E-state index in [1.54, 1.807) is 24.4 Å². The zero-order valence-electron chi connectivity index (χ0n) is 14.8. The molecule has 142 valence electrons. The van der Waals surface area contributed by atoms with Gasteiger partial charge in [-0.1, -0.05) is 0 Å². The van der Waals surface area contributed by atoms with Crippen molar-refractivity contribution in [2.45, 2.75) is 24.5 Å². The number of nitriles is 1. The van der Waals surface area contributed by atoms with Crippen molar-refractivity contribution in [2.75, 3.05) is 17.7 Å². The molecule has 3 aliphatic rings. The van der Waals surface area contributed by atoms with E-state index in [1.807, 2.05) is 0 Å². The van der Waals surface area contributed by atoms with Crippen LogP contribution >= 0.6 is 0 Å². The SMILES string of the molecule is CS(=O)(=O)N1C[C@H]2CC1[C@@H]1C(=O)N(c3ccc(C#N)c4ncccc34)C(=O)N21. The molecule has 0 radical (unpaired) electrons. The molecule has 10 heteroatoms. The maximum absolute atomic E-state index is 13.2. The smallest absolute Gasteiger partial charge is 0.306 e. The van der Waals surface area contributed by atoms with Crippen LogP contribution in [0.15, 0.2) is 30.5 Å². The molecule has 28 heavy (non-hydrogen) atoms. The minimum Gasteiger partial charge on any atom is -0.306 e. The number of fused-ring (bicyclic) bond motifs is 6. The molecule has 3 atom stereocenters. The van der Waals surface area contributed by atoms with Crippen molar-refractivity contribution in [1.82, 2.24) is 14.2 Å². The molecule has 3 aliphatic heterocycles. The summed E-state index contributed by atoms with van der Waals surface area (Å²) in [4.78, 5) is 33.2. The molecule has 1 aromatic carbocycles. The lowest BCUT2D eigenvalue weighted by Gasteiger charge is -2.33. The fraction of sp³-hybridized carbons (Fsp3) is 0.333. The van der Waals surface area contributed by atoms with Crippen LogP contribution in [0.5, 0.6) is 0 Å². The number of benzene rings is 1. The Morgan fingerprint density at radius 3 is 2.75 bits per heavy atom. The fourth-order valence-corrected chi connectivity index (χ4v) is 5.80. The summed E-state index contributed by atoms with van der Waals surface area (Å²) in [7, 11) is -3.46. The first-order valence-electron chi connectivity index (χ1n) is 8.74. The number of imide groups is 1. The normalized spacial score (nSPS) is 26.9. The molecule has 5 rings (SSSR count). The second kappa shape index (κ2) is 5.50. The first kappa shape index (κ1) is 17.1. The molecular formula is C18H15N5O4S. The van der Waals surface area contributed by atoms with Gasteiger partial charge in [-0.05, 0) is 30.7 Å². The second-order valence-electron chi connectivity index (χ2n) is 7.24. The van der Waals surface area contributed by atoms with Crippen LogP contribution in [0.4, 0.5) is 10.5 Å². The number of pyridine rings is 1. The minimum absolute atomic E-state index is 0.211. The van der Waals surface area contributed by atoms with E-state index in [2.05, 4.69) is 11.1 Å². The van der Waals surface area contributed by atoms with E-state index in [9.17, 15) is 23.3 Å². The minimum atomic E-state index is -3.46. The number of urea groups is 1. The molecule has 4 heterocycles. The van der Waals surface area contributed by atoms with Crippen LogP contribution in [0.25, 0.3) is 10.9 Å². The number of amides is 3. The van der Waals surface area contributed by atoms with E-state index in [1.165, 1.54) is 15.3 Å². The van der Waals surface area contributed by atoms with Gasteiger partial charge in [-0.15, -0.1) is 0 Å². The Hall–Kier alpha value is -3.03. The number of carbonyl (C=O) groups is 2. The van der Waals surface area contributed by atoms with Gasteiger partial charge in [0, 0.05) is 24.2 Å². The van der Waals surface area contributed by atoms with Crippen LogP contribution in [0.3, 0.4) is 0 Å². The highest BCUT2D eigenvalue weighted by Gasteiger charge is 2.63. The lowest BCUT2D eigenvalue weighted by molar-refractivity contribution is -0.120. The Morgan fingerprint density at radius 2 is 2.04 bits per heavy atom. The third-order valence-electron chi connectivity index (χ3n) is 5.75. The highest BCUT2D eigenvalue weighted by atomic mass is 32.2. The fourth-order valence-electron chi connectivity index (χ4n) is 4.66. The number of carbonyl (C=O) groups excluding carboxylic acids is 2. The maximum Gasteiger partial charge on any atom is 0.332 e. The van der Waals surface area contributed by atoms with Gasteiger partial charge < -0.3 is 4.90 Å². The van der Waals surface area contributed by atoms with Crippen molar-refractivity contribution in [3.05, 3.63) is 36.0 Å². The van der Waals surface area contributed by atoms with Crippen molar-refractivity contribution in [1.29, 1.82) is 5.26 Å². The zero-order chi connectivity index (χ0) is 19.8. The van der Waals surface area contributed by atoms with E-state index in [-0.39, 0.29) is 12.6 Å².